The standard InChI is InChI=1S/C14H8F3N3O3/c15-14(16,17)13(21)20-12-10(8-4-2-1-3-5-8)19-11(22-12)9-6-7-18-23-9/h1-7H,(H,20,21). The zero-order valence-electron chi connectivity index (χ0n) is 11.3. The summed E-state index contributed by atoms with van der Waals surface area (Å²) in [5.74, 6) is -2.56. The summed E-state index contributed by atoms with van der Waals surface area (Å²) in [6, 6.07) is 9.74. The Bertz CT molecular complexity index is 811. The van der Waals surface area contributed by atoms with Crippen LogP contribution in [0.5, 0.6) is 0 Å². The molecule has 2 aromatic heterocycles. The van der Waals surface area contributed by atoms with Crippen LogP contribution in [0, 0.1) is 0 Å². The van der Waals surface area contributed by atoms with Gasteiger partial charge in [-0.3, -0.25) is 10.1 Å². The minimum absolute atomic E-state index is 0.0506. The van der Waals surface area contributed by atoms with E-state index in [1.807, 2.05) is 0 Å². The van der Waals surface area contributed by atoms with Crippen molar-refractivity contribution >= 4 is 11.8 Å². The Hall–Kier alpha value is -3.10. The smallest absolute Gasteiger partial charge is 0.416 e. The molecule has 0 saturated heterocycles. The number of carbonyl (C=O) groups is 1. The number of hydrogen-bond donors (Lipinski definition) is 1. The van der Waals surface area contributed by atoms with Crippen molar-refractivity contribution in [2.45, 2.75) is 6.18 Å². The predicted molar refractivity (Wildman–Crippen MR) is 72.1 cm³/mol. The van der Waals surface area contributed by atoms with E-state index in [1.165, 1.54) is 12.3 Å². The van der Waals surface area contributed by atoms with Crippen molar-refractivity contribution in [3.63, 3.8) is 0 Å². The topological polar surface area (TPSA) is 81.2 Å². The third-order valence-corrected chi connectivity index (χ3v) is 2.81. The van der Waals surface area contributed by atoms with Gasteiger partial charge in [0.2, 0.25) is 11.6 Å². The number of nitrogens with zero attached hydrogens (tertiary/aromatic N) is 2. The van der Waals surface area contributed by atoms with Crippen molar-refractivity contribution in [3.05, 3.63) is 42.6 Å². The molecule has 6 nitrogen and oxygen atoms in total. The Morgan fingerprint density at radius 3 is 2.48 bits per heavy atom. The fourth-order valence-electron chi connectivity index (χ4n) is 1.80. The highest BCUT2D eigenvalue weighted by atomic mass is 19.4. The molecule has 1 amide bonds. The van der Waals surface area contributed by atoms with Crippen molar-refractivity contribution in [1.82, 2.24) is 10.1 Å². The lowest BCUT2D eigenvalue weighted by Gasteiger charge is -2.06. The normalized spacial score (nSPS) is 11.4. The van der Waals surface area contributed by atoms with Crippen LogP contribution < -0.4 is 5.32 Å². The van der Waals surface area contributed by atoms with Gasteiger partial charge in [-0.1, -0.05) is 35.5 Å². The Labute approximate surface area is 126 Å². The lowest BCUT2D eigenvalue weighted by molar-refractivity contribution is -0.167. The van der Waals surface area contributed by atoms with Crippen LogP contribution in [0.3, 0.4) is 0 Å². The summed E-state index contributed by atoms with van der Waals surface area (Å²) >= 11 is 0. The minimum Gasteiger partial charge on any atom is -0.416 e. The summed E-state index contributed by atoms with van der Waals surface area (Å²) in [7, 11) is 0. The van der Waals surface area contributed by atoms with E-state index in [0.29, 0.717) is 5.56 Å². The first-order chi connectivity index (χ1) is 10.9. The number of oxazole rings is 1. The van der Waals surface area contributed by atoms with Crippen LogP contribution in [0.25, 0.3) is 22.9 Å². The van der Waals surface area contributed by atoms with Crippen LogP contribution in [-0.2, 0) is 4.79 Å². The van der Waals surface area contributed by atoms with Gasteiger partial charge in [0.1, 0.15) is 5.69 Å². The third kappa shape index (κ3) is 3.07. The van der Waals surface area contributed by atoms with Crippen molar-refractivity contribution in [2.75, 3.05) is 5.32 Å². The highest BCUT2D eigenvalue weighted by Crippen LogP contribution is 2.33. The molecular formula is C14H8F3N3O3. The minimum atomic E-state index is -5.05. The molecule has 2 heterocycles. The Balaban J connectivity index is 2.04. The zero-order valence-corrected chi connectivity index (χ0v) is 11.3. The second kappa shape index (κ2) is 5.59. The molecule has 0 bridgehead atoms. The number of amides is 1. The van der Waals surface area contributed by atoms with Crippen molar-refractivity contribution in [3.8, 4) is 22.9 Å². The fraction of sp³-hybridized carbons (Fsp3) is 0.0714. The van der Waals surface area contributed by atoms with E-state index in [1.54, 1.807) is 35.6 Å². The first kappa shape index (κ1) is 14.8. The molecule has 3 aromatic rings. The highest BCUT2D eigenvalue weighted by molar-refractivity contribution is 5.96. The molecule has 0 fully saturated rings. The molecule has 1 N–H and O–H groups in total. The summed E-state index contributed by atoms with van der Waals surface area (Å²) in [6.07, 6.45) is -3.72. The van der Waals surface area contributed by atoms with Gasteiger partial charge in [0, 0.05) is 11.6 Å². The third-order valence-electron chi connectivity index (χ3n) is 2.81. The van der Waals surface area contributed by atoms with E-state index >= 15 is 0 Å². The van der Waals surface area contributed by atoms with Gasteiger partial charge in [0.25, 0.3) is 5.89 Å². The molecule has 0 aliphatic carbocycles. The first-order valence-corrected chi connectivity index (χ1v) is 6.30. The molecule has 23 heavy (non-hydrogen) atoms. The lowest BCUT2D eigenvalue weighted by atomic mass is 10.1. The molecule has 0 saturated carbocycles. The molecule has 0 aliphatic rings. The monoisotopic (exact) mass is 323 g/mol. The quantitative estimate of drug-likeness (QED) is 0.798. The largest absolute Gasteiger partial charge is 0.471 e. The Morgan fingerprint density at radius 2 is 1.87 bits per heavy atom. The number of halogens is 3. The first-order valence-electron chi connectivity index (χ1n) is 6.30. The average molecular weight is 323 g/mol. The molecule has 0 radical (unpaired) electrons. The van der Waals surface area contributed by atoms with Gasteiger partial charge in [-0.15, -0.1) is 0 Å². The van der Waals surface area contributed by atoms with Gasteiger partial charge in [-0.05, 0) is 0 Å². The van der Waals surface area contributed by atoms with Gasteiger partial charge in [0.15, 0.2) is 0 Å². The van der Waals surface area contributed by atoms with Crippen LogP contribution in [-0.4, -0.2) is 22.2 Å². The van der Waals surface area contributed by atoms with Crippen LogP contribution in [0.1, 0.15) is 0 Å². The van der Waals surface area contributed by atoms with Gasteiger partial charge in [0.05, 0.1) is 6.20 Å². The van der Waals surface area contributed by atoms with Gasteiger partial charge >= 0.3 is 12.1 Å². The van der Waals surface area contributed by atoms with Crippen molar-refractivity contribution < 1.29 is 26.9 Å². The average Bonchev–Trinajstić information content (AvgIpc) is 3.16. The van der Waals surface area contributed by atoms with Gasteiger partial charge in [-0.25, -0.2) is 4.98 Å². The summed E-state index contributed by atoms with van der Waals surface area (Å²) in [4.78, 5) is 15.2. The number of alkyl halides is 3. The fourth-order valence-corrected chi connectivity index (χ4v) is 1.80. The summed E-state index contributed by atoms with van der Waals surface area (Å²) in [5, 5.41) is 5.14. The number of anilines is 1. The maximum atomic E-state index is 12.4. The molecule has 9 heteroatoms. The molecule has 3 rings (SSSR count). The number of carbonyl (C=O) groups excluding carboxylic acids is 1. The van der Waals surface area contributed by atoms with Crippen LogP contribution in [0.2, 0.25) is 0 Å². The van der Waals surface area contributed by atoms with Crippen LogP contribution >= 0.6 is 0 Å². The molecule has 0 spiro atoms. The molecule has 0 atom stereocenters. The molecular weight excluding hydrogens is 315 g/mol. The zero-order chi connectivity index (χ0) is 16.4. The summed E-state index contributed by atoms with van der Waals surface area (Å²) < 4.78 is 47.4. The summed E-state index contributed by atoms with van der Waals surface area (Å²) in [6.45, 7) is 0. The van der Waals surface area contributed by atoms with Crippen LogP contribution in [0.15, 0.2) is 51.5 Å². The Morgan fingerprint density at radius 1 is 1.13 bits per heavy atom. The number of rotatable bonds is 3. The van der Waals surface area contributed by atoms with Gasteiger partial charge < -0.3 is 8.94 Å². The molecule has 0 aliphatic heterocycles. The van der Waals surface area contributed by atoms with Crippen LogP contribution in [0.4, 0.5) is 19.1 Å². The van der Waals surface area contributed by atoms with E-state index in [-0.39, 0.29) is 17.3 Å². The maximum absolute atomic E-state index is 12.4. The molecule has 118 valence electrons. The van der Waals surface area contributed by atoms with E-state index in [2.05, 4.69) is 10.1 Å². The molecule has 0 unspecified atom stereocenters. The summed E-state index contributed by atoms with van der Waals surface area (Å²) in [5.41, 5.74) is 0.522. The van der Waals surface area contributed by atoms with E-state index in [0.717, 1.165) is 0 Å². The second-order valence-electron chi connectivity index (χ2n) is 4.39. The lowest BCUT2D eigenvalue weighted by Crippen LogP contribution is -2.29. The predicted octanol–water partition coefficient (Wildman–Crippen LogP) is 3.50. The number of nitrogens with one attached hydrogen (secondary N) is 1. The number of benzene rings is 1. The van der Waals surface area contributed by atoms with E-state index in [4.69, 9.17) is 8.94 Å². The van der Waals surface area contributed by atoms with Crippen molar-refractivity contribution in [1.29, 1.82) is 0 Å². The number of hydrogen-bond acceptors (Lipinski definition) is 5. The Kier molecular flexibility index (Phi) is 3.61. The van der Waals surface area contributed by atoms with E-state index < -0.39 is 18.0 Å². The van der Waals surface area contributed by atoms with Crippen molar-refractivity contribution in [2.24, 2.45) is 0 Å². The van der Waals surface area contributed by atoms with Gasteiger partial charge in [-0.2, -0.15) is 13.2 Å². The van der Waals surface area contributed by atoms with E-state index in [9.17, 15) is 18.0 Å². The SMILES string of the molecule is O=C(Nc1oc(-c2ccno2)nc1-c1ccccc1)C(F)(F)F. The maximum Gasteiger partial charge on any atom is 0.471 e. The molecule has 1 aromatic carbocycles. The number of aromatic nitrogens is 2. The second-order valence-corrected chi connectivity index (χ2v) is 4.39. The highest BCUT2D eigenvalue weighted by Gasteiger charge is 2.40.